The van der Waals surface area contributed by atoms with Gasteiger partial charge in [-0.05, 0) is 64.0 Å². The van der Waals surface area contributed by atoms with Gasteiger partial charge in [-0.25, -0.2) is 4.39 Å². The van der Waals surface area contributed by atoms with Gasteiger partial charge in [-0.3, -0.25) is 14.6 Å². The Morgan fingerprint density at radius 2 is 1.76 bits per heavy atom. The van der Waals surface area contributed by atoms with E-state index in [1.807, 2.05) is 19.0 Å². The van der Waals surface area contributed by atoms with E-state index in [0.29, 0.717) is 23.4 Å². The molecule has 0 unspecified atom stereocenters. The van der Waals surface area contributed by atoms with Gasteiger partial charge < -0.3 is 15.5 Å². The van der Waals surface area contributed by atoms with Crippen molar-refractivity contribution >= 4 is 11.8 Å². The van der Waals surface area contributed by atoms with Gasteiger partial charge in [-0.2, -0.15) is 0 Å². The molecule has 0 atom stereocenters. The fraction of sp³-hybridized carbons (Fsp3) is 0.409. The maximum absolute atomic E-state index is 13.4. The SMILES string of the molecule is CN(C)CC(=O)N[C@H]1CC[C@H](NC(=O)c2ccc(-c3cccc(F)c3)nc2)CC1. The van der Waals surface area contributed by atoms with E-state index in [1.54, 1.807) is 24.3 Å². The highest BCUT2D eigenvalue weighted by Crippen LogP contribution is 2.20. The minimum absolute atomic E-state index is 0.0342. The zero-order valence-corrected chi connectivity index (χ0v) is 16.8. The van der Waals surface area contributed by atoms with Crippen molar-refractivity contribution in [1.29, 1.82) is 0 Å². The largest absolute Gasteiger partial charge is 0.352 e. The number of nitrogens with zero attached hydrogens (tertiary/aromatic N) is 2. The summed E-state index contributed by atoms with van der Waals surface area (Å²) in [6, 6.07) is 9.89. The number of carbonyl (C=O) groups excluding carboxylic acids is 2. The smallest absolute Gasteiger partial charge is 0.253 e. The van der Waals surface area contributed by atoms with Gasteiger partial charge in [0.2, 0.25) is 5.91 Å². The van der Waals surface area contributed by atoms with Gasteiger partial charge in [0.1, 0.15) is 5.82 Å². The second-order valence-corrected chi connectivity index (χ2v) is 7.77. The Kier molecular flexibility index (Phi) is 6.93. The zero-order valence-electron chi connectivity index (χ0n) is 16.8. The van der Waals surface area contributed by atoms with Crippen LogP contribution in [0.25, 0.3) is 11.3 Å². The van der Waals surface area contributed by atoms with Crippen LogP contribution in [0.3, 0.4) is 0 Å². The molecule has 1 aromatic heterocycles. The first-order valence-electron chi connectivity index (χ1n) is 9.87. The summed E-state index contributed by atoms with van der Waals surface area (Å²) < 4.78 is 13.4. The number of hydrogen-bond donors (Lipinski definition) is 2. The average molecular weight is 398 g/mol. The Labute approximate surface area is 170 Å². The van der Waals surface area contributed by atoms with Crippen molar-refractivity contribution in [2.24, 2.45) is 0 Å². The van der Waals surface area contributed by atoms with Crippen molar-refractivity contribution in [2.45, 2.75) is 37.8 Å². The van der Waals surface area contributed by atoms with Crippen LogP contribution in [0, 0.1) is 5.82 Å². The molecule has 1 aromatic carbocycles. The lowest BCUT2D eigenvalue weighted by Gasteiger charge is -2.30. The molecule has 2 N–H and O–H groups in total. The van der Waals surface area contributed by atoms with E-state index in [9.17, 15) is 14.0 Å². The van der Waals surface area contributed by atoms with Gasteiger partial charge in [-0.1, -0.05) is 12.1 Å². The minimum Gasteiger partial charge on any atom is -0.352 e. The molecule has 154 valence electrons. The number of nitrogens with one attached hydrogen (secondary N) is 2. The summed E-state index contributed by atoms with van der Waals surface area (Å²) in [6.45, 7) is 0.384. The molecule has 2 amide bonds. The third-order valence-electron chi connectivity index (χ3n) is 5.03. The molecule has 1 saturated carbocycles. The van der Waals surface area contributed by atoms with Crippen molar-refractivity contribution in [1.82, 2.24) is 20.5 Å². The van der Waals surface area contributed by atoms with E-state index in [0.717, 1.165) is 25.7 Å². The maximum Gasteiger partial charge on any atom is 0.253 e. The number of benzene rings is 1. The molecule has 2 aromatic rings. The van der Waals surface area contributed by atoms with E-state index in [2.05, 4.69) is 15.6 Å². The molecule has 1 heterocycles. The molecule has 1 fully saturated rings. The molecule has 1 aliphatic rings. The third-order valence-corrected chi connectivity index (χ3v) is 5.03. The van der Waals surface area contributed by atoms with Gasteiger partial charge in [0.25, 0.3) is 5.91 Å². The number of hydrogen-bond acceptors (Lipinski definition) is 4. The number of likely N-dealkylation sites (N-methyl/N-ethyl adjacent to an activating group) is 1. The summed E-state index contributed by atoms with van der Waals surface area (Å²) in [4.78, 5) is 30.5. The molecular weight excluding hydrogens is 371 g/mol. The lowest BCUT2D eigenvalue weighted by Crippen LogP contribution is -2.45. The highest BCUT2D eigenvalue weighted by atomic mass is 19.1. The van der Waals surface area contributed by atoms with Crippen molar-refractivity contribution in [2.75, 3.05) is 20.6 Å². The van der Waals surface area contributed by atoms with Crippen LogP contribution in [0.15, 0.2) is 42.6 Å². The quantitative estimate of drug-likeness (QED) is 0.785. The molecule has 29 heavy (non-hydrogen) atoms. The summed E-state index contributed by atoms with van der Waals surface area (Å²) in [7, 11) is 3.73. The first kappa shape index (κ1) is 20.9. The Morgan fingerprint density at radius 3 is 2.34 bits per heavy atom. The van der Waals surface area contributed by atoms with Crippen LogP contribution in [0.1, 0.15) is 36.0 Å². The Morgan fingerprint density at radius 1 is 1.07 bits per heavy atom. The van der Waals surface area contributed by atoms with E-state index in [-0.39, 0.29) is 29.7 Å². The van der Waals surface area contributed by atoms with Gasteiger partial charge in [0.15, 0.2) is 0 Å². The van der Waals surface area contributed by atoms with Gasteiger partial charge in [0, 0.05) is 23.8 Å². The molecule has 0 aliphatic heterocycles. The van der Waals surface area contributed by atoms with Crippen LogP contribution >= 0.6 is 0 Å². The predicted octanol–water partition coefficient (Wildman–Crippen LogP) is 2.61. The lowest BCUT2D eigenvalue weighted by atomic mass is 9.91. The Bertz CT molecular complexity index is 846. The third kappa shape index (κ3) is 6.09. The van der Waals surface area contributed by atoms with Crippen molar-refractivity contribution in [3.05, 3.63) is 54.0 Å². The number of pyridine rings is 1. The molecule has 1 aliphatic carbocycles. The van der Waals surface area contributed by atoms with Crippen LogP contribution in [0.4, 0.5) is 4.39 Å². The molecule has 0 bridgehead atoms. The normalized spacial score (nSPS) is 19.0. The predicted molar refractivity (Wildman–Crippen MR) is 110 cm³/mol. The van der Waals surface area contributed by atoms with Crippen LogP contribution in [-0.2, 0) is 4.79 Å². The number of aromatic nitrogens is 1. The molecule has 0 saturated heterocycles. The first-order chi connectivity index (χ1) is 13.9. The topological polar surface area (TPSA) is 74.3 Å². The van der Waals surface area contributed by atoms with Crippen LogP contribution in [0.5, 0.6) is 0 Å². The minimum atomic E-state index is -0.320. The second kappa shape index (κ2) is 9.60. The van der Waals surface area contributed by atoms with Crippen LogP contribution < -0.4 is 10.6 Å². The van der Waals surface area contributed by atoms with Gasteiger partial charge >= 0.3 is 0 Å². The van der Waals surface area contributed by atoms with Crippen molar-refractivity contribution in [3.8, 4) is 11.3 Å². The first-order valence-corrected chi connectivity index (χ1v) is 9.87. The standard InChI is InChI=1S/C22H27FN4O2/c1-27(2)14-21(28)25-18-7-9-19(10-8-18)26-22(29)16-6-11-20(24-13-16)15-4-3-5-17(23)12-15/h3-6,11-13,18-19H,7-10,14H2,1-2H3,(H,25,28)(H,26,29)/t18-,19-. The van der Waals surface area contributed by atoms with Crippen molar-refractivity contribution in [3.63, 3.8) is 0 Å². The summed E-state index contributed by atoms with van der Waals surface area (Å²) in [5.74, 6) is -0.449. The molecular formula is C22H27FN4O2. The zero-order chi connectivity index (χ0) is 20.8. The number of rotatable bonds is 6. The summed E-state index contributed by atoms with van der Waals surface area (Å²) >= 11 is 0. The summed E-state index contributed by atoms with van der Waals surface area (Å²) in [5.41, 5.74) is 1.77. The second-order valence-electron chi connectivity index (χ2n) is 7.77. The van der Waals surface area contributed by atoms with E-state index < -0.39 is 0 Å². The maximum atomic E-state index is 13.4. The summed E-state index contributed by atoms with van der Waals surface area (Å²) in [5, 5.41) is 6.10. The average Bonchev–Trinajstić information content (AvgIpc) is 2.69. The number of halogens is 1. The van der Waals surface area contributed by atoms with E-state index >= 15 is 0 Å². The van der Waals surface area contributed by atoms with Crippen LogP contribution in [-0.4, -0.2) is 54.4 Å². The van der Waals surface area contributed by atoms with E-state index in [4.69, 9.17) is 0 Å². The van der Waals surface area contributed by atoms with Gasteiger partial charge in [0.05, 0.1) is 17.8 Å². The molecule has 7 heteroatoms. The van der Waals surface area contributed by atoms with E-state index in [1.165, 1.54) is 18.3 Å². The number of carbonyl (C=O) groups is 2. The monoisotopic (exact) mass is 398 g/mol. The molecule has 6 nitrogen and oxygen atoms in total. The number of amides is 2. The fourth-order valence-electron chi connectivity index (χ4n) is 3.56. The van der Waals surface area contributed by atoms with Gasteiger partial charge in [-0.15, -0.1) is 0 Å². The molecule has 3 rings (SSSR count). The Hall–Kier alpha value is -2.80. The van der Waals surface area contributed by atoms with Crippen molar-refractivity contribution < 1.29 is 14.0 Å². The Balaban J connectivity index is 1.49. The highest BCUT2D eigenvalue weighted by Gasteiger charge is 2.24. The molecule has 0 spiro atoms. The molecule has 0 radical (unpaired) electrons. The summed E-state index contributed by atoms with van der Waals surface area (Å²) in [6.07, 6.45) is 4.87. The fourth-order valence-corrected chi connectivity index (χ4v) is 3.56. The lowest BCUT2D eigenvalue weighted by molar-refractivity contribution is -0.122. The highest BCUT2D eigenvalue weighted by molar-refractivity contribution is 5.94. The van der Waals surface area contributed by atoms with Crippen LogP contribution in [0.2, 0.25) is 0 Å².